The number of rotatable bonds is 2. The summed E-state index contributed by atoms with van der Waals surface area (Å²) in [7, 11) is 0. The van der Waals surface area contributed by atoms with Crippen LogP contribution in [0.1, 0.15) is 16.7 Å². The fraction of sp³-hybridized carbons (Fsp3) is 0.500. The van der Waals surface area contributed by atoms with Crippen molar-refractivity contribution in [3.63, 3.8) is 0 Å². The van der Waals surface area contributed by atoms with Crippen LogP contribution in [0.25, 0.3) is 0 Å². The number of carboxylic acid groups (broad SMARTS) is 1. The second-order valence-electron chi connectivity index (χ2n) is 5.82. The summed E-state index contributed by atoms with van der Waals surface area (Å²) in [6.45, 7) is 4.68. The summed E-state index contributed by atoms with van der Waals surface area (Å²) in [6, 6.07) is 3.04. The maximum Gasteiger partial charge on any atom is 0.328 e. The average molecular weight is 305 g/mol. The number of nitrogens with zero attached hydrogens (tertiary/aromatic N) is 1. The number of carbonyl (C=O) groups is 2. The molecule has 0 unspecified atom stereocenters. The molecule has 0 saturated carbocycles. The number of carboxylic acids is 1. The van der Waals surface area contributed by atoms with Gasteiger partial charge < -0.3 is 19.5 Å². The Morgan fingerprint density at radius 3 is 2.73 bits per heavy atom. The Hall–Kier alpha value is -2.08. The molecule has 1 aromatic rings. The van der Waals surface area contributed by atoms with E-state index in [1.54, 1.807) is 0 Å². The molecule has 0 aliphatic carbocycles. The van der Waals surface area contributed by atoms with E-state index in [9.17, 15) is 14.7 Å². The Balaban J connectivity index is 1.78. The van der Waals surface area contributed by atoms with E-state index in [2.05, 4.69) is 0 Å². The van der Waals surface area contributed by atoms with E-state index >= 15 is 0 Å². The van der Waals surface area contributed by atoms with Gasteiger partial charge in [-0.1, -0.05) is 6.07 Å². The zero-order valence-electron chi connectivity index (χ0n) is 12.7. The number of aryl methyl sites for hydroxylation is 2. The molecule has 1 aromatic carbocycles. The van der Waals surface area contributed by atoms with Crippen LogP contribution in [0.5, 0.6) is 5.75 Å². The molecule has 118 valence electrons. The topological polar surface area (TPSA) is 76.1 Å². The van der Waals surface area contributed by atoms with Gasteiger partial charge in [0, 0.05) is 13.0 Å². The number of carbonyl (C=O) groups excluding carboxylic acids is 1. The molecule has 6 nitrogen and oxygen atoms in total. The van der Waals surface area contributed by atoms with Crippen molar-refractivity contribution >= 4 is 11.9 Å². The van der Waals surface area contributed by atoms with Gasteiger partial charge in [0.05, 0.1) is 13.2 Å². The molecule has 1 N–H and O–H groups in total. The summed E-state index contributed by atoms with van der Waals surface area (Å²) in [6.07, 6.45) is -0.157. The van der Waals surface area contributed by atoms with Crippen molar-refractivity contribution in [2.45, 2.75) is 32.4 Å². The first-order valence-electron chi connectivity index (χ1n) is 7.35. The highest BCUT2D eigenvalue weighted by Crippen LogP contribution is 2.32. The number of aliphatic carboxylic acids is 1. The fourth-order valence-corrected chi connectivity index (χ4v) is 2.91. The molecule has 2 aliphatic rings. The monoisotopic (exact) mass is 305 g/mol. The standard InChI is InChI=1S/C16H19NO5/c1-9-5-11-7-14(22-13(11)6-10(9)2)15(18)17-3-4-21-8-12(17)16(19)20/h5-6,12,14H,3-4,7-8H2,1-2H3,(H,19,20)/t12-,14-/m0/s1. The number of ether oxygens (including phenoxy) is 2. The molecule has 1 amide bonds. The second kappa shape index (κ2) is 5.61. The van der Waals surface area contributed by atoms with Crippen LogP contribution in [0, 0.1) is 13.8 Å². The Labute approximate surface area is 128 Å². The summed E-state index contributed by atoms with van der Waals surface area (Å²) in [5, 5.41) is 9.23. The van der Waals surface area contributed by atoms with Crippen molar-refractivity contribution in [2.24, 2.45) is 0 Å². The van der Waals surface area contributed by atoms with Crippen molar-refractivity contribution in [2.75, 3.05) is 19.8 Å². The van der Waals surface area contributed by atoms with Gasteiger partial charge in [-0.15, -0.1) is 0 Å². The average Bonchev–Trinajstić information content (AvgIpc) is 2.89. The van der Waals surface area contributed by atoms with E-state index in [1.807, 2.05) is 26.0 Å². The molecule has 2 aliphatic heterocycles. The zero-order chi connectivity index (χ0) is 15.9. The number of amides is 1. The van der Waals surface area contributed by atoms with E-state index in [0.717, 1.165) is 22.4 Å². The molecule has 1 fully saturated rings. The lowest BCUT2D eigenvalue weighted by atomic mass is 10.0. The molecule has 22 heavy (non-hydrogen) atoms. The molecule has 1 saturated heterocycles. The third-order valence-corrected chi connectivity index (χ3v) is 4.32. The number of hydrogen-bond acceptors (Lipinski definition) is 4. The lowest BCUT2D eigenvalue weighted by Crippen LogP contribution is -2.56. The van der Waals surface area contributed by atoms with Crippen LogP contribution in [0.4, 0.5) is 0 Å². The van der Waals surface area contributed by atoms with Crippen molar-refractivity contribution in [1.29, 1.82) is 0 Å². The third kappa shape index (κ3) is 2.54. The molecular formula is C16H19NO5. The van der Waals surface area contributed by atoms with Crippen molar-refractivity contribution < 1.29 is 24.2 Å². The summed E-state index contributed by atoms with van der Waals surface area (Å²) in [5.41, 5.74) is 3.27. The smallest absolute Gasteiger partial charge is 0.328 e. The normalized spacial score (nSPS) is 23.8. The predicted octanol–water partition coefficient (Wildman–Crippen LogP) is 0.919. The highest BCUT2D eigenvalue weighted by molar-refractivity contribution is 5.87. The van der Waals surface area contributed by atoms with E-state index in [0.29, 0.717) is 13.0 Å². The van der Waals surface area contributed by atoms with Gasteiger partial charge in [0.25, 0.3) is 5.91 Å². The Morgan fingerprint density at radius 1 is 1.27 bits per heavy atom. The second-order valence-corrected chi connectivity index (χ2v) is 5.82. The molecule has 3 rings (SSSR count). The van der Waals surface area contributed by atoms with Crippen molar-refractivity contribution in [1.82, 2.24) is 4.90 Å². The minimum atomic E-state index is -1.05. The minimum Gasteiger partial charge on any atom is -0.480 e. The Morgan fingerprint density at radius 2 is 2.00 bits per heavy atom. The van der Waals surface area contributed by atoms with Crippen LogP contribution in [-0.2, 0) is 20.7 Å². The number of fused-ring (bicyclic) bond motifs is 1. The SMILES string of the molecule is Cc1cc2c(cc1C)O[C@H](C(=O)N1CCOC[C@H]1C(=O)O)C2. The quantitative estimate of drug-likeness (QED) is 0.879. The summed E-state index contributed by atoms with van der Waals surface area (Å²) >= 11 is 0. The van der Waals surface area contributed by atoms with Gasteiger partial charge in [-0.25, -0.2) is 4.79 Å². The number of morpholine rings is 1. The van der Waals surface area contributed by atoms with E-state index in [1.165, 1.54) is 4.90 Å². The molecule has 0 bridgehead atoms. The minimum absolute atomic E-state index is 0.0267. The zero-order valence-corrected chi connectivity index (χ0v) is 12.7. The Kier molecular flexibility index (Phi) is 3.78. The first-order chi connectivity index (χ1) is 10.5. The predicted molar refractivity (Wildman–Crippen MR) is 78.0 cm³/mol. The van der Waals surface area contributed by atoms with Gasteiger partial charge in [-0.3, -0.25) is 4.79 Å². The van der Waals surface area contributed by atoms with Crippen LogP contribution in [-0.4, -0.2) is 53.8 Å². The number of hydrogen-bond donors (Lipinski definition) is 1. The maximum atomic E-state index is 12.6. The third-order valence-electron chi connectivity index (χ3n) is 4.32. The fourth-order valence-electron chi connectivity index (χ4n) is 2.91. The van der Waals surface area contributed by atoms with E-state index in [4.69, 9.17) is 9.47 Å². The summed E-state index contributed by atoms with van der Waals surface area (Å²) in [5.74, 6) is -0.598. The molecule has 2 heterocycles. The molecule has 0 radical (unpaired) electrons. The first-order valence-corrected chi connectivity index (χ1v) is 7.35. The lowest BCUT2D eigenvalue weighted by Gasteiger charge is -2.34. The van der Waals surface area contributed by atoms with E-state index in [-0.39, 0.29) is 19.1 Å². The van der Waals surface area contributed by atoms with Crippen LogP contribution in [0.2, 0.25) is 0 Å². The van der Waals surface area contributed by atoms with Gasteiger partial charge in [-0.2, -0.15) is 0 Å². The maximum absolute atomic E-state index is 12.6. The lowest BCUT2D eigenvalue weighted by molar-refractivity contribution is -0.161. The van der Waals surface area contributed by atoms with Crippen molar-refractivity contribution in [3.8, 4) is 5.75 Å². The van der Waals surface area contributed by atoms with Crippen LogP contribution >= 0.6 is 0 Å². The van der Waals surface area contributed by atoms with Gasteiger partial charge in [0.1, 0.15) is 5.75 Å². The van der Waals surface area contributed by atoms with Gasteiger partial charge in [-0.05, 0) is 36.6 Å². The van der Waals surface area contributed by atoms with Gasteiger partial charge in [0.2, 0.25) is 0 Å². The summed E-state index contributed by atoms with van der Waals surface area (Å²) in [4.78, 5) is 25.3. The van der Waals surface area contributed by atoms with E-state index < -0.39 is 18.1 Å². The van der Waals surface area contributed by atoms with Crippen LogP contribution < -0.4 is 4.74 Å². The molecular weight excluding hydrogens is 286 g/mol. The first kappa shape index (κ1) is 14.8. The highest BCUT2D eigenvalue weighted by Gasteiger charge is 2.39. The van der Waals surface area contributed by atoms with Crippen molar-refractivity contribution in [3.05, 3.63) is 28.8 Å². The molecule has 0 spiro atoms. The van der Waals surface area contributed by atoms with Crippen LogP contribution in [0.3, 0.4) is 0 Å². The molecule has 6 heteroatoms. The molecule has 0 aromatic heterocycles. The molecule has 2 atom stereocenters. The number of benzene rings is 1. The van der Waals surface area contributed by atoms with Gasteiger partial charge in [0.15, 0.2) is 12.1 Å². The summed E-state index contributed by atoms with van der Waals surface area (Å²) < 4.78 is 10.9. The highest BCUT2D eigenvalue weighted by atomic mass is 16.5. The largest absolute Gasteiger partial charge is 0.480 e. The van der Waals surface area contributed by atoms with Crippen LogP contribution in [0.15, 0.2) is 12.1 Å². The Bertz CT molecular complexity index is 596. The van der Waals surface area contributed by atoms with Gasteiger partial charge >= 0.3 is 5.97 Å².